The lowest BCUT2D eigenvalue weighted by Crippen LogP contribution is -2.50. The van der Waals surface area contributed by atoms with Gasteiger partial charge in [-0.25, -0.2) is 0 Å². The zero-order valence-electron chi connectivity index (χ0n) is 18.2. The molecule has 166 valence electrons. The van der Waals surface area contributed by atoms with Crippen LogP contribution in [0.4, 0.5) is 17.1 Å². The minimum Gasteiger partial charge on any atom is -0.325 e. The van der Waals surface area contributed by atoms with E-state index < -0.39 is 4.87 Å². The van der Waals surface area contributed by atoms with E-state index >= 15 is 0 Å². The number of hydrogen-bond acceptors (Lipinski definition) is 4. The van der Waals surface area contributed by atoms with Crippen LogP contribution in [-0.4, -0.2) is 30.0 Å². The summed E-state index contributed by atoms with van der Waals surface area (Å²) >= 11 is 1.31. The summed E-state index contributed by atoms with van der Waals surface area (Å²) < 4.78 is 0. The van der Waals surface area contributed by atoms with E-state index in [9.17, 15) is 14.4 Å². The van der Waals surface area contributed by atoms with E-state index in [1.807, 2.05) is 78.9 Å². The fourth-order valence-corrected chi connectivity index (χ4v) is 5.82. The van der Waals surface area contributed by atoms with Crippen LogP contribution < -0.4 is 15.1 Å². The second-order valence-corrected chi connectivity index (χ2v) is 9.17. The number of rotatable bonds is 5. The van der Waals surface area contributed by atoms with Crippen molar-refractivity contribution >= 4 is 46.5 Å². The van der Waals surface area contributed by atoms with Crippen molar-refractivity contribution in [2.75, 3.05) is 27.4 Å². The first-order valence-corrected chi connectivity index (χ1v) is 11.9. The molecule has 0 aromatic heterocycles. The molecule has 33 heavy (non-hydrogen) atoms. The minimum atomic E-state index is -1.21. The van der Waals surface area contributed by atoms with E-state index in [2.05, 4.69) is 12.2 Å². The van der Waals surface area contributed by atoms with Crippen LogP contribution in [0.1, 0.15) is 18.1 Å². The zero-order valence-corrected chi connectivity index (χ0v) is 19.0. The summed E-state index contributed by atoms with van der Waals surface area (Å²) in [6.07, 6.45) is 0.920. The van der Waals surface area contributed by atoms with Crippen LogP contribution in [0.5, 0.6) is 0 Å². The van der Waals surface area contributed by atoms with Crippen LogP contribution in [0.25, 0.3) is 0 Å². The molecule has 2 aliphatic heterocycles. The van der Waals surface area contributed by atoms with Gasteiger partial charge in [0, 0.05) is 16.9 Å². The van der Waals surface area contributed by atoms with Crippen molar-refractivity contribution in [1.29, 1.82) is 0 Å². The quantitative estimate of drug-likeness (QED) is 0.625. The fraction of sp³-hybridized carbons (Fsp3) is 0.192. The van der Waals surface area contributed by atoms with Gasteiger partial charge in [0.1, 0.15) is 6.54 Å². The Balaban J connectivity index is 1.47. The maximum Gasteiger partial charge on any atom is 0.269 e. The van der Waals surface area contributed by atoms with E-state index in [-0.39, 0.29) is 30.0 Å². The molecule has 1 saturated heterocycles. The maximum atomic E-state index is 13.9. The zero-order chi connectivity index (χ0) is 23.0. The topological polar surface area (TPSA) is 69.7 Å². The Morgan fingerprint density at radius 1 is 0.970 bits per heavy atom. The SMILES string of the molecule is CCc1ccc(NC(=O)CN2C(=O)[C@@]3(SCC(=O)N3c3ccccc3)c3ccccc32)cc1. The predicted octanol–water partition coefficient (Wildman–Crippen LogP) is 4.17. The molecule has 0 saturated carbocycles. The molecule has 5 rings (SSSR count). The number of nitrogens with zero attached hydrogens (tertiary/aromatic N) is 2. The van der Waals surface area contributed by atoms with Crippen LogP contribution in [-0.2, 0) is 25.7 Å². The number of amides is 3. The predicted molar refractivity (Wildman–Crippen MR) is 131 cm³/mol. The Bertz CT molecular complexity index is 1230. The normalized spacial score (nSPS) is 19.3. The summed E-state index contributed by atoms with van der Waals surface area (Å²) in [6, 6.07) is 24.3. The van der Waals surface area contributed by atoms with Gasteiger partial charge in [-0.3, -0.25) is 24.2 Å². The Hall–Kier alpha value is -3.58. The van der Waals surface area contributed by atoms with Gasteiger partial charge in [0.15, 0.2) is 0 Å². The van der Waals surface area contributed by atoms with Crippen molar-refractivity contribution in [1.82, 2.24) is 0 Å². The molecule has 7 heteroatoms. The summed E-state index contributed by atoms with van der Waals surface area (Å²) in [5, 5.41) is 2.88. The first-order chi connectivity index (χ1) is 16.0. The molecule has 0 aliphatic carbocycles. The monoisotopic (exact) mass is 457 g/mol. The highest BCUT2D eigenvalue weighted by atomic mass is 32.2. The molecule has 1 N–H and O–H groups in total. The molecule has 2 aliphatic rings. The molecule has 2 heterocycles. The number of fused-ring (bicyclic) bond motifs is 2. The molecule has 1 spiro atoms. The van der Waals surface area contributed by atoms with Gasteiger partial charge in [-0.15, -0.1) is 11.8 Å². The van der Waals surface area contributed by atoms with Crippen LogP contribution in [0, 0.1) is 0 Å². The first kappa shape index (κ1) is 21.3. The van der Waals surface area contributed by atoms with Gasteiger partial charge in [-0.05, 0) is 42.3 Å². The third-order valence-corrected chi connectivity index (χ3v) is 7.41. The van der Waals surface area contributed by atoms with E-state index in [1.54, 1.807) is 4.90 Å². The second-order valence-electron chi connectivity index (χ2n) is 8.00. The molecule has 3 aromatic carbocycles. The van der Waals surface area contributed by atoms with Gasteiger partial charge in [0.2, 0.25) is 16.7 Å². The number of nitrogens with one attached hydrogen (secondary N) is 1. The van der Waals surface area contributed by atoms with Crippen LogP contribution in [0.15, 0.2) is 78.9 Å². The third kappa shape index (κ3) is 3.49. The molecule has 3 amide bonds. The lowest BCUT2D eigenvalue weighted by molar-refractivity contribution is -0.124. The minimum absolute atomic E-state index is 0.128. The summed E-state index contributed by atoms with van der Waals surface area (Å²) in [6.45, 7) is 1.94. The second kappa shape index (κ2) is 8.41. The van der Waals surface area contributed by atoms with Crippen molar-refractivity contribution in [3.05, 3.63) is 90.0 Å². The van der Waals surface area contributed by atoms with E-state index in [1.165, 1.54) is 22.2 Å². The lowest BCUT2D eigenvalue weighted by Gasteiger charge is -2.33. The van der Waals surface area contributed by atoms with Crippen molar-refractivity contribution < 1.29 is 14.4 Å². The Morgan fingerprint density at radius 3 is 2.39 bits per heavy atom. The number of aryl methyl sites for hydroxylation is 1. The highest BCUT2D eigenvalue weighted by Gasteiger charge is 2.61. The number of carbonyl (C=O) groups is 3. The molecular formula is C26H23N3O3S. The van der Waals surface area contributed by atoms with Gasteiger partial charge < -0.3 is 5.32 Å². The summed E-state index contributed by atoms with van der Waals surface area (Å²) in [7, 11) is 0. The molecule has 0 radical (unpaired) electrons. The number of benzene rings is 3. The van der Waals surface area contributed by atoms with Gasteiger partial charge in [-0.1, -0.05) is 55.5 Å². The molecule has 1 fully saturated rings. The number of hydrogen-bond donors (Lipinski definition) is 1. The summed E-state index contributed by atoms with van der Waals surface area (Å²) in [5.74, 6) is -0.504. The Morgan fingerprint density at radius 2 is 1.67 bits per heavy atom. The van der Waals surface area contributed by atoms with Gasteiger partial charge in [0.05, 0.1) is 11.4 Å². The molecule has 0 bridgehead atoms. The first-order valence-electron chi connectivity index (χ1n) is 10.9. The third-order valence-electron chi connectivity index (χ3n) is 6.03. The largest absolute Gasteiger partial charge is 0.325 e. The van der Waals surface area contributed by atoms with Crippen LogP contribution >= 0.6 is 11.8 Å². The fourth-order valence-electron chi connectivity index (χ4n) is 4.46. The van der Waals surface area contributed by atoms with Crippen molar-refractivity contribution in [3.63, 3.8) is 0 Å². The van der Waals surface area contributed by atoms with Gasteiger partial charge in [-0.2, -0.15) is 0 Å². The molecule has 0 unspecified atom stereocenters. The van der Waals surface area contributed by atoms with Crippen molar-refractivity contribution in [2.24, 2.45) is 0 Å². The number of para-hydroxylation sites is 2. The highest BCUT2D eigenvalue weighted by Crippen LogP contribution is 2.55. The Kier molecular flexibility index (Phi) is 5.42. The van der Waals surface area contributed by atoms with E-state index in [4.69, 9.17) is 0 Å². The smallest absolute Gasteiger partial charge is 0.269 e. The van der Waals surface area contributed by atoms with Gasteiger partial charge in [0.25, 0.3) is 5.91 Å². The Labute approximate surface area is 196 Å². The van der Waals surface area contributed by atoms with Crippen molar-refractivity contribution in [2.45, 2.75) is 18.2 Å². The number of thioether (sulfide) groups is 1. The summed E-state index contributed by atoms with van der Waals surface area (Å²) in [5.41, 5.74) is 3.92. The number of anilines is 3. The molecular weight excluding hydrogens is 434 g/mol. The summed E-state index contributed by atoms with van der Waals surface area (Å²) in [4.78, 5) is 41.7. The van der Waals surface area contributed by atoms with E-state index in [0.29, 0.717) is 17.1 Å². The lowest BCUT2D eigenvalue weighted by atomic mass is 10.0. The van der Waals surface area contributed by atoms with Crippen LogP contribution in [0.3, 0.4) is 0 Å². The average molecular weight is 458 g/mol. The van der Waals surface area contributed by atoms with Crippen molar-refractivity contribution in [3.8, 4) is 0 Å². The molecule has 1 atom stereocenters. The average Bonchev–Trinajstić information content (AvgIpc) is 3.31. The number of carbonyl (C=O) groups excluding carboxylic acids is 3. The standard InChI is InChI=1S/C26H23N3O3S/c1-2-18-12-14-19(15-13-18)27-23(30)16-28-22-11-7-6-10-21(22)26(25(28)32)29(24(31)17-33-26)20-8-4-3-5-9-20/h3-15H,2,16-17H2,1H3,(H,27,30)/t26-/m0/s1. The van der Waals surface area contributed by atoms with E-state index in [0.717, 1.165) is 12.0 Å². The highest BCUT2D eigenvalue weighted by molar-refractivity contribution is 8.02. The maximum absolute atomic E-state index is 13.9. The van der Waals surface area contributed by atoms with Crippen LogP contribution in [0.2, 0.25) is 0 Å². The molecule has 3 aromatic rings. The van der Waals surface area contributed by atoms with Gasteiger partial charge >= 0.3 is 0 Å². The molecule has 6 nitrogen and oxygen atoms in total.